The Kier molecular flexibility index (Phi) is 9.06. The second kappa shape index (κ2) is 11.3. The largest absolute Gasteiger partial charge is 0.357 e. The molecule has 0 aliphatic carbocycles. The number of hydrogen-bond donors (Lipinski definition) is 3. The van der Waals surface area contributed by atoms with E-state index in [4.69, 9.17) is 0 Å². The summed E-state index contributed by atoms with van der Waals surface area (Å²) in [6, 6.07) is 7.38. The Morgan fingerprint density at radius 3 is 2.52 bits per heavy atom. The lowest BCUT2D eigenvalue weighted by Gasteiger charge is -2.13. The van der Waals surface area contributed by atoms with Crippen molar-refractivity contribution in [1.82, 2.24) is 20.3 Å². The van der Waals surface area contributed by atoms with Gasteiger partial charge in [0.2, 0.25) is 10.0 Å². The number of guanidine groups is 1. The molecule has 160 valence electrons. The van der Waals surface area contributed by atoms with E-state index < -0.39 is 10.0 Å². The van der Waals surface area contributed by atoms with Gasteiger partial charge >= 0.3 is 0 Å². The Balaban J connectivity index is 2.08. The van der Waals surface area contributed by atoms with Crippen LogP contribution in [0.5, 0.6) is 0 Å². The molecule has 0 unspecified atom stereocenters. The van der Waals surface area contributed by atoms with E-state index in [1.807, 2.05) is 51.2 Å². The van der Waals surface area contributed by atoms with Crippen LogP contribution in [0.3, 0.4) is 0 Å². The summed E-state index contributed by atoms with van der Waals surface area (Å²) in [5, 5.41) is 7.53. The fraction of sp³-hybridized carbons (Fsp3) is 0.500. The number of aryl methyl sites for hydroxylation is 1. The van der Waals surface area contributed by atoms with Crippen LogP contribution in [-0.4, -0.2) is 31.9 Å². The molecule has 0 amide bonds. The average molecular weight is 438 g/mol. The van der Waals surface area contributed by atoms with Crippen molar-refractivity contribution in [3.63, 3.8) is 0 Å². The second-order valence-electron chi connectivity index (χ2n) is 6.92. The van der Waals surface area contributed by atoms with Gasteiger partial charge in [0.1, 0.15) is 5.01 Å². The Morgan fingerprint density at radius 2 is 1.90 bits per heavy atom. The number of sulfonamides is 1. The van der Waals surface area contributed by atoms with E-state index in [9.17, 15) is 8.42 Å². The maximum Gasteiger partial charge on any atom is 0.216 e. The molecule has 0 saturated carbocycles. The van der Waals surface area contributed by atoms with Crippen LogP contribution in [0.25, 0.3) is 0 Å². The SMILES string of the molecule is CCNC(=NCc1ccccc1CS(=O)(=O)NC(C)C)NCc1ncc(CC)s1. The predicted molar refractivity (Wildman–Crippen MR) is 120 cm³/mol. The molecule has 7 nitrogen and oxygen atoms in total. The maximum atomic E-state index is 12.3. The van der Waals surface area contributed by atoms with E-state index in [0.717, 1.165) is 29.1 Å². The molecule has 2 rings (SSSR count). The van der Waals surface area contributed by atoms with Crippen LogP contribution in [0.1, 0.15) is 48.7 Å². The van der Waals surface area contributed by atoms with Gasteiger partial charge in [-0.2, -0.15) is 0 Å². The molecule has 0 saturated heterocycles. The molecular formula is C20H31N5O2S2. The fourth-order valence-corrected chi connectivity index (χ4v) is 5.01. The predicted octanol–water partition coefficient (Wildman–Crippen LogP) is 2.79. The molecule has 0 aliphatic heterocycles. The Hall–Kier alpha value is -1.97. The molecule has 1 heterocycles. The zero-order valence-corrected chi connectivity index (χ0v) is 19.2. The highest BCUT2D eigenvalue weighted by Gasteiger charge is 2.15. The van der Waals surface area contributed by atoms with Gasteiger partial charge in [-0.05, 0) is 38.3 Å². The first kappa shape index (κ1) is 23.3. The topological polar surface area (TPSA) is 95.5 Å². The summed E-state index contributed by atoms with van der Waals surface area (Å²) < 4.78 is 27.3. The Bertz CT molecular complexity index is 907. The molecule has 0 radical (unpaired) electrons. The summed E-state index contributed by atoms with van der Waals surface area (Å²) in [6.45, 7) is 9.48. The van der Waals surface area contributed by atoms with Gasteiger partial charge in [0.15, 0.2) is 5.96 Å². The number of nitrogens with one attached hydrogen (secondary N) is 3. The highest BCUT2D eigenvalue weighted by Crippen LogP contribution is 2.14. The minimum atomic E-state index is -3.39. The van der Waals surface area contributed by atoms with Crippen molar-refractivity contribution < 1.29 is 8.42 Å². The van der Waals surface area contributed by atoms with E-state index in [0.29, 0.717) is 19.0 Å². The van der Waals surface area contributed by atoms with Crippen LogP contribution in [0.15, 0.2) is 35.5 Å². The van der Waals surface area contributed by atoms with Crippen LogP contribution in [0, 0.1) is 0 Å². The van der Waals surface area contributed by atoms with Crippen molar-refractivity contribution in [1.29, 1.82) is 0 Å². The van der Waals surface area contributed by atoms with E-state index in [-0.39, 0.29) is 11.8 Å². The molecule has 0 fully saturated rings. The third kappa shape index (κ3) is 8.12. The standard InChI is InChI=1S/C20H31N5O2S2/c1-5-18-12-22-19(28-18)13-24-20(21-6-2)23-11-16-9-7-8-10-17(16)14-29(26,27)25-15(3)4/h7-10,12,15,25H,5-6,11,13-14H2,1-4H3,(H2,21,23,24). The molecule has 2 aromatic rings. The first-order valence-corrected chi connectivity index (χ1v) is 12.3. The van der Waals surface area contributed by atoms with Gasteiger partial charge in [0.05, 0.1) is 18.8 Å². The summed E-state index contributed by atoms with van der Waals surface area (Å²) in [6.07, 6.45) is 2.89. The second-order valence-corrected chi connectivity index (χ2v) is 9.88. The van der Waals surface area contributed by atoms with Gasteiger partial charge in [-0.25, -0.2) is 23.1 Å². The van der Waals surface area contributed by atoms with Crippen LogP contribution in [-0.2, 0) is 35.3 Å². The van der Waals surface area contributed by atoms with Crippen molar-refractivity contribution >= 4 is 27.3 Å². The average Bonchev–Trinajstić information content (AvgIpc) is 3.12. The number of benzene rings is 1. The van der Waals surface area contributed by atoms with Crippen LogP contribution >= 0.6 is 11.3 Å². The highest BCUT2D eigenvalue weighted by molar-refractivity contribution is 7.88. The normalized spacial score (nSPS) is 12.4. The van der Waals surface area contributed by atoms with Crippen molar-refractivity contribution in [3.05, 3.63) is 51.5 Å². The monoisotopic (exact) mass is 437 g/mol. The highest BCUT2D eigenvalue weighted by atomic mass is 32.2. The molecule has 0 aliphatic rings. The summed E-state index contributed by atoms with van der Waals surface area (Å²) >= 11 is 1.69. The molecule has 1 aromatic carbocycles. The zero-order chi connectivity index (χ0) is 21.3. The molecular weight excluding hydrogens is 406 g/mol. The first-order chi connectivity index (χ1) is 13.8. The van der Waals surface area contributed by atoms with Gasteiger partial charge in [-0.1, -0.05) is 31.2 Å². The number of thiazole rings is 1. The van der Waals surface area contributed by atoms with Gasteiger partial charge in [-0.3, -0.25) is 0 Å². The summed E-state index contributed by atoms with van der Waals surface area (Å²) in [4.78, 5) is 10.3. The number of aromatic nitrogens is 1. The van der Waals surface area contributed by atoms with E-state index in [1.165, 1.54) is 4.88 Å². The Morgan fingerprint density at radius 1 is 1.17 bits per heavy atom. The van der Waals surface area contributed by atoms with Gasteiger partial charge in [0, 0.05) is 23.7 Å². The number of nitrogens with zero attached hydrogens (tertiary/aromatic N) is 2. The van der Waals surface area contributed by atoms with Crippen molar-refractivity contribution in [3.8, 4) is 0 Å². The summed E-state index contributed by atoms with van der Waals surface area (Å²) in [5.41, 5.74) is 1.65. The van der Waals surface area contributed by atoms with Gasteiger partial charge < -0.3 is 10.6 Å². The molecule has 9 heteroatoms. The third-order valence-electron chi connectivity index (χ3n) is 3.99. The molecule has 3 N–H and O–H groups in total. The van der Waals surface area contributed by atoms with Crippen molar-refractivity contribution in [2.45, 2.75) is 59.0 Å². The lowest BCUT2D eigenvalue weighted by Crippen LogP contribution is -2.36. The molecule has 29 heavy (non-hydrogen) atoms. The lowest BCUT2D eigenvalue weighted by atomic mass is 10.1. The number of aliphatic imine (C=N–C) groups is 1. The minimum absolute atomic E-state index is 0.0558. The van der Waals surface area contributed by atoms with Crippen LogP contribution in [0.4, 0.5) is 0 Å². The number of rotatable bonds is 10. The zero-order valence-electron chi connectivity index (χ0n) is 17.5. The molecule has 0 spiro atoms. The minimum Gasteiger partial charge on any atom is -0.357 e. The summed E-state index contributed by atoms with van der Waals surface area (Å²) in [7, 11) is -3.39. The first-order valence-electron chi connectivity index (χ1n) is 9.85. The van der Waals surface area contributed by atoms with Crippen LogP contribution < -0.4 is 15.4 Å². The number of hydrogen-bond acceptors (Lipinski definition) is 5. The molecule has 0 bridgehead atoms. The molecule has 0 atom stereocenters. The third-order valence-corrected chi connectivity index (χ3v) is 6.65. The van der Waals surface area contributed by atoms with Gasteiger partial charge in [0.25, 0.3) is 0 Å². The van der Waals surface area contributed by atoms with Crippen molar-refractivity contribution in [2.75, 3.05) is 6.54 Å². The fourth-order valence-electron chi connectivity index (χ4n) is 2.72. The van der Waals surface area contributed by atoms with Crippen molar-refractivity contribution in [2.24, 2.45) is 4.99 Å². The lowest BCUT2D eigenvalue weighted by molar-refractivity contribution is 0.569. The smallest absolute Gasteiger partial charge is 0.216 e. The van der Waals surface area contributed by atoms with Crippen LogP contribution in [0.2, 0.25) is 0 Å². The Labute approximate surface area is 178 Å². The maximum absolute atomic E-state index is 12.3. The quantitative estimate of drug-likeness (QED) is 0.392. The summed E-state index contributed by atoms with van der Waals surface area (Å²) in [5.74, 6) is 0.624. The van der Waals surface area contributed by atoms with E-state index >= 15 is 0 Å². The van der Waals surface area contributed by atoms with E-state index in [1.54, 1.807) is 11.3 Å². The molecule has 1 aromatic heterocycles. The van der Waals surface area contributed by atoms with Gasteiger partial charge in [-0.15, -0.1) is 11.3 Å². The van der Waals surface area contributed by atoms with E-state index in [2.05, 4.69) is 32.3 Å².